The first-order chi connectivity index (χ1) is 12.6. The van der Waals surface area contributed by atoms with Crippen LogP contribution >= 0.6 is 0 Å². The van der Waals surface area contributed by atoms with Gasteiger partial charge in [0.25, 0.3) is 0 Å². The summed E-state index contributed by atoms with van der Waals surface area (Å²) in [5.74, 6) is 0.716. The van der Waals surface area contributed by atoms with Gasteiger partial charge < -0.3 is 10.2 Å². The van der Waals surface area contributed by atoms with Crippen LogP contribution in [0.3, 0.4) is 0 Å². The molecular weight excluding hydrogens is 338 g/mol. The standard InChI is InChI=1S/C21H31N5O/c1-14-10-18-17(22-20(14)23-19(27)12-21(3,4)5)8-7-9-26(18)13-16-11-15(2)25(6)24-16/h10-11H,7-9,12-13H2,1-6H3,(H,22,23,27). The number of anilines is 2. The number of pyridine rings is 1. The Morgan fingerprint density at radius 3 is 2.63 bits per heavy atom. The number of carbonyl (C=O) groups excluding carboxylic acids is 1. The van der Waals surface area contributed by atoms with Crippen molar-refractivity contribution >= 4 is 17.4 Å². The van der Waals surface area contributed by atoms with E-state index in [2.05, 4.69) is 55.1 Å². The number of hydrogen-bond acceptors (Lipinski definition) is 4. The van der Waals surface area contributed by atoms with E-state index in [1.165, 1.54) is 0 Å². The van der Waals surface area contributed by atoms with Crippen molar-refractivity contribution < 1.29 is 4.79 Å². The Balaban J connectivity index is 1.80. The smallest absolute Gasteiger partial charge is 0.226 e. The summed E-state index contributed by atoms with van der Waals surface area (Å²) in [7, 11) is 1.97. The van der Waals surface area contributed by atoms with Gasteiger partial charge in [0.05, 0.1) is 23.6 Å². The van der Waals surface area contributed by atoms with E-state index < -0.39 is 0 Å². The first kappa shape index (κ1) is 19.4. The number of nitrogens with zero attached hydrogens (tertiary/aromatic N) is 4. The van der Waals surface area contributed by atoms with Gasteiger partial charge in [0.2, 0.25) is 5.91 Å². The fraction of sp³-hybridized carbons (Fsp3) is 0.571. The van der Waals surface area contributed by atoms with Gasteiger partial charge in [-0.25, -0.2) is 4.98 Å². The van der Waals surface area contributed by atoms with Gasteiger partial charge in [-0.3, -0.25) is 9.48 Å². The first-order valence-electron chi connectivity index (χ1n) is 9.67. The van der Waals surface area contributed by atoms with E-state index in [9.17, 15) is 4.79 Å². The van der Waals surface area contributed by atoms with Gasteiger partial charge in [-0.05, 0) is 49.8 Å². The average molecular weight is 370 g/mol. The molecule has 0 radical (unpaired) electrons. The van der Waals surface area contributed by atoms with Crippen molar-refractivity contribution in [3.05, 3.63) is 34.8 Å². The molecule has 3 heterocycles. The monoisotopic (exact) mass is 369 g/mol. The van der Waals surface area contributed by atoms with E-state index >= 15 is 0 Å². The zero-order chi connectivity index (χ0) is 19.8. The minimum atomic E-state index is -0.0379. The maximum absolute atomic E-state index is 12.3. The molecule has 0 bridgehead atoms. The molecule has 0 saturated heterocycles. The van der Waals surface area contributed by atoms with Crippen molar-refractivity contribution in [3.8, 4) is 0 Å². The number of aromatic nitrogens is 3. The van der Waals surface area contributed by atoms with Crippen molar-refractivity contribution in [2.75, 3.05) is 16.8 Å². The minimum absolute atomic E-state index is 0.0228. The number of rotatable bonds is 4. The highest BCUT2D eigenvalue weighted by Crippen LogP contribution is 2.31. The number of amides is 1. The molecule has 0 spiro atoms. The van der Waals surface area contributed by atoms with Crippen LogP contribution in [0.25, 0.3) is 0 Å². The SMILES string of the molecule is Cc1cc2c(nc1NC(=O)CC(C)(C)C)CCCN2Cc1cc(C)n(C)n1. The summed E-state index contributed by atoms with van der Waals surface area (Å²) in [5, 5.41) is 7.60. The molecule has 1 amide bonds. The summed E-state index contributed by atoms with van der Waals surface area (Å²) in [6.07, 6.45) is 2.48. The van der Waals surface area contributed by atoms with Gasteiger partial charge in [0.15, 0.2) is 0 Å². The molecule has 1 aliphatic heterocycles. The molecule has 3 rings (SSSR count). The van der Waals surface area contributed by atoms with E-state index in [0.717, 1.165) is 54.3 Å². The molecule has 2 aromatic rings. The zero-order valence-corrected chi connectivity index (χ0v) is 17.4. The summed E-state index contributed by atoms with van der Waals surface area (Å²) >= 11 is 0. The van der Waals surface area contributed by atoms with Gasteiger partial charge in [0.1, 0.15) is 5.82 Å². The second-order valence-electron chi connectivity index (χ2n) is 8.83. The Labute approximate surface area is 162 Å². The predicted molar refractivity (Wildman–Crippen MR) is 109 cm³/mol. The van der Waals surface area contributed by atoms with Crippen molar-refractivity contribution in [1.82, 2.24) is 14.8 Å². The fourth-order valence-corrected chi connectivity index (χ4v) is 3.51. The predicted octanol–water partition coefficient (Wildman–Crippen LogP) is 3.76. The molecule has 27 heavy (non-hydrogen) atoms. The largest absolute Gasteiger partial charge is 0.364 e. The molecule has 0 aliphatic carbocycles. The molecular formula is C21H31N5O. The Kier molecular flexibility index (Phi) is 5.27. The molecule has 2 aromatic heterocycles. The van der Waals surface area contributed by atoms with Crippen molar-refractivity contribution in [2.24, 2.45) is 12.5 Å². The van der Waals surface area contributed by atoms with E-state index in [0.29, 0.717) is 12.2 Å². The lowest BCUT2D eigenvalue weighted by Gasteiger charge is -2.31. The average Bonchev–Trinajstić information content (AvgIpc) is 2.85. The number of carbonyl (C=O) groups is 1. The molecule has 0 atom stereocenters. The molecule has 146 valence electrons. The van der Waals surface area contributed by atoms with Crippen LogP contribution in [-0.2, 0) is 24.8 Å². The van der Waals surface area contributed by atoms with Crippen LogP contribution in [-0.4, -0.2) is 27.2 Å². The number of nitrogens with one attached hydrogen (secondary N) is 1. The number of hydrogen-bond donors (Lipinski definition) is 1. The molecule has 0 saturated carbocycles. The third-order valence-corrected chi connectivity index (χ3v) is 4.92. The highest BCUT2D eigenvalue weighted by molar-refractivity contribution is 5.91. The van der Waals surface area contributed by atoms with Crippen molar-refractivity contribution in [2.45, 2.75) is 60.4 Å². The maximum atomic E-state index is 12.3. The molecule has 6 heteroatoms. The Morgan fingerprint density at radius 2 is 2.00 bits per heavy atom. The van der Waals surface area contributed by atoms with Gasteiger partial charge in [-0.2, -0.15) is 5.10 Å². The second-order valence-corrected chi connectivity index (χ2v) is 8.83. The quantitative estimate of drug-likeness (QED) is 0.891. The normalized spacial score (nSPS) is 14.2. The molecule has 0 fully saturated rings. The van der Waals surface area contributed by atoms with Gasteiger partial charge in [-0.15, -0.1) is 0 Å². The van der Waals surface area contributed by atoms with E-state index in [4.69, 9.17) is 4.98 Å². The summed E-state index contributed by atoms with van der Waals surface area (Å²) in [6, 6.07) is 4.29. The lowest BCUT2D eigenvalue weighted by atomic mass is 9.92. The second kappa shape index (κ2) is 7.33. The minimum Gasteiger partial charge on any atom is -0.364 e. The Bertz CT molecular complexity index is 827. The molecule has 0 aromatic carbocycles. The van der Waals surface area contributed by atoms with Crippen LogP contribution in [0, 0.1) is 19.3 Å². The van der Waals surface area contributed by atoms with E-state index in [1.54, 1.807) is 0 Å². The van der Waals surface area contributed by atoms with Crippen LogP contribution in [0.15, 0.2) is 12.1 Å². The van der Waals surface area contributed by atoms with Gasteiger partial charge in [-0.1, -0.05) is 20.8 Å². The zero-order valence-electron chi connectivity index (χ0n) is 17.4. The third-order valence-electron chi connectivity index (χ3n) is 4.92. The Hall–Kier alpha value is -2.37. The van der Waals surface area contributed by atoms with Crippen molar-refractivity contribution in [1.29, 1.82) is 0 Å². The highest BCUT2D eigenvalue weighted by Gasteiger charge is 2.22. The van der Waals surface area contributed by atoms with Crippen LogP contribution in [0.5, 0.6) is 0 Å². The lowest BCUT2D eigenvalue weighted by Crippen LogP contribution is -2.30. The lowest BCUT2D eigenvalue weighted by molar-refractivity contribution is -0.117. The molecule has 1 N–H and O–H groups in total. The highest BCUT2D eigenvalue weighted by atomic mass is 16.1. The molecule has 6 nitrogen and oxygen atoms in total. The van der Waals surface area contributed by atoms with Gasteiger partial charge >= 0.3 is 0 Å². The molecule has 0 unspecified atom stereocenters. The number of fused-ring (bicyclic) bond motifs is 1. The summed E-state index contributed by atoms with van der Waals surface area (Å²) in [4.78, 5) is 19.5. The van der Waals surface area contributed by atoms with Crippen LogP contribution in [0.2, 0.25) is 0 Å². The summed E-state index contributed by atoms with van der Waals surface area (Å²) in [6.45, 7) is 12.1. The molecule has 1 aliphatic rings. The van der Waals surface area contributed by atoms with Crippen LogP contribution in [0.4, 0.5) is 11.5 Å². The first-order valence-corrected chi connectivity index (χ1v) is 9.67. The summed E-state index contributed by atoms with van der Waals surface area (Å²) in [5.41, 5.74) is 5.42. The van der Waals surface area contributed by atoms with Crippen LogP contribution < -0.4 is 10.2 Å². The Morgan fingerprint density at radius 1 is 1.26 bits per heavy atom. The topological polar surface area (TPSA) is 63.1 Å². The maximum Gasteiger partial charge on any atom is 0.226 e. The number of aryl methyl sites for hydroxylation is 4. The van der Waals surface area contributed by atoms with E-state index in [-0.39, 0.29) is 11.3 Å². The summed E-state index contributed by atoms with van der Waals surface area (Å²) < 4.78 is 1.91. The third kappa shape index (κ3) is 4.67. The van der Waals surface area contributed by atoms with E-state index in [1.807, 2.05) is 18.7 Å². The van der Waals surface area contributed by atoms with Crippen molar-refractivity contribution in [3.63, 3.8) is 0 Å². The van der Waals surface area contributed by atoms with Crippen LogP contribution in [0.1, 0.15) is 56.3 Å². The fourth-order valence-electron chi connectivity index (χ4n) is 3.51. The van der Waals surface area contributed by atoms with Gasteiger partial charge in [0, 0.05) is 25.7 Å².